The molecular formula is C20H21NO5S. The summed E-state index contributed by atoms with van der Waals surface area (Å²) in [6.07, 6.45) is 1.45. The minimum Gasteiger partial charge on any atom is -0.407 e. The predicted molar refractivity (Wildman–Crippen MR) is 102 cm³/mol. The van der Waals surface area contributed by atoms with Crippen molar-refractivity contribution in [2.75, 3.05) is 12.9 Å². The number of benzene rings is 2. The third-order valence-corrected chi connectivity index (χ3v) is 5.60. The van der Waals surface area contributed by atoms with E-state index < -0.39 is 9.84 Å². The van der Waals surface area contributed by atoms with Gasteiger partial charge < -0.3 is 9.57 Å². The van der Waals surface area contributed by atoms with Crippen LogP contribution in [0.3, 0.4) is 0 Å². The SMILES string of the molecule is CCC(=O)OC1=NOCC1c1cc(-c2ccc(S(C)(=O)=O)cc2)ccc1C. The minimum atomic E-state index is -3.23. The number of sulfone groups is 1. The molecule has 0 amide bonds. The standard InChI is InChI=1S/C20H21NO5S/c1-4-19(22)26-20-18(12-25-21-20)17-11-15(6-5-13(17)2)14-7-9-16(10-8-14)27(3,23)24/h5-11,18H,4,12H2,1-3H3. The van der Waals surface area contributed by atoms with Gasteiger partial charge >= 0.3 is 5.97 Å². The van der Waals surface area contributed by atoms with Crippen LogP contribution in [0.25, 0.3) is 11.1 Å². The summed E-state index contributed by atoms with van der Waals surface area (Å²) in [4.78, 5) is 17.1. The largest absolute Gasteiger partial charge is 0.407 e. The van der Waals surface area contributed by atoms with Crippen molar-refractivity contribution in [2.24, 2.45) is 5.16 Å². The zero-order chi connectivity index (χ0) is 19.6. The molecule has 1 aliphatic rings. The number of carbonyl (C=O) groups is 1. The molecule has 0 bridgehead atoms. The van der Waals surface area contributed by atoms with Crippen LogP contribution in [0.2, 0.25) is 0 Å². The fourth-order valence-corrected chi connectivity index (χ4v) is 3.53. The number of esters is 1. The molecule has 3 rings (SSSR count). The molecular weight excluding hydrogens is 366 g/mol. The number of ether oxygens (including phenoxy) is 1. The first-order valence-electron chi connectivity index (χ1n) is 8.61. The first-order valence-corrected chi connectivity index (χ1v) is 10.5. The highest BCUT2D eigenvalue weighted by Crippen LogP contribution is 2.31. The molecule has 1 aliphatic heterocycles. The van der Waals surface area contributed by atoms with Gasteiger partial charge in [0.2, 0.25) is 5.90 Å². The lowest BCUT2D eigenvalue weighted by Crippen LogP contribution is -2.19. The first-order chi connectivity index (χ1) is 12.8. The van der Waals surface area contributed by atoms with Gasteiger partial charge in [0.05, 0.1) is 4.90 Å². The van der Waals surface area contributed by atoms with Crippen molar-refractivity contribution in [3.63, 3.8) is 0 Å². The van der Waals surface area contributed by atoms with Crippen molar-refractivity contribution < 1.29 is 22.8 Å². The Balaban J connectivity index is 1.93. The molecule has 1 atom stereocenters. The Kier molecular flexibility index (Phi) is 5.32. The van der Waals surface area contributed by atoms with Crippen LogP contribution < -0.4 is 0 Å². The van der Waals surface area contributed by atoms with Gasteiger partial charge in [0.15, 0.2) is 9.84 Å². The number of nitrogens with zero attached hydrogens (tertiary/aromatic N) is 1. The first kappa shape index (κ1) is 19.1. The third-order valence-electron chi connectivity index (χ3n) is 4.47. The number of aryl methyl sites for hydroxylation is 1. The van der Waals surface area contributed by atoms with Crippen LogP contribution in [0.4, 0.5) is 0 Å². The summed E-state index contributed by atoms with van der Waals surface area (Å²) < 4.78 is 28.6. The highest BCUT2D eigenvalue weighted by Gasteiger charge is 2.30. The zero-order valence-electron chi connectivity index (χ0n) is 15.4. The smallest absolute Gasteiger partial charge is 0.312 e. The van der Waals surface area contributed by atoms with Gasteiger partial charge in [0.25, 0.3) is 0 Å². The van der Waals surface area contributed by atoms with E-state index in [1.165, 1.54) is 6.26 Å². The van der Waals surface area contributed by atoms with Crippen molar-refractivity contribution in [3.8, 4) is 11.1 Å². The number of oxime groups is 1. The van der Waals surface area contributed by atoms with Crippen molar-refractivity contribution in [1.29, 1.82) is 0 Å². The molecule has 0 aliphatic carbocycles. The molecule has 142 valence electrons. The summed E-state index contributed by atoms with van der Waals surface area (Å²) in [5.41, 5.74) is 3.82. The fraction of sp³-hybridized carbons (Fsp3) is 0.300. The van der Waals surface area contributed by atoms with Gasteiger partial charge in [-0.3, -0.25) is 4.79 Å². The van der Waals surface area contributed by atoms with Gasteiger partial charge in [-0.1, -0.05) is 36.3 Å². The fourth-order valence-electron chi connectivity index (χ4n) is 2.90. The highest BCUT2D eigenvalue weighted by molar-refractivity contribution is 7.90. The maximum Gasteiger partial charge on any atom is 0.312 e. The van der Waals surface area contributed by atoms with E-state index >= 15 is 0 Å². The molecule has 1 unspecified atom stereocenters. The van der Waals surface area contributed by atoms with E-state index in [0.717, 1.165) is 22.3 Å². The summed E-state index contributed by atoms with van der Waals surface area (Å²) in [7, 11) is -3.23. The summed E-state index contributed by atoms with van der Waals surface area (Å²) in [6, 6.07) is 12.7. The maximum absolute atomic E-state index is 11.6. The van der Waals surface area contributed by atoms with Crippen LogP contribution in [-0.2, 0) is 24.2 Å². The van der Waals surface area contributed by atoms with E-state index in [4.69, 9.17) is 9.57 Å². The van der Waals surface area contributed by atoms with Gasteiger partial charge in [-0.05, 0) is 47.4 Å². The Morgan fingerprint density at radius 2 is 1.85 bits per heavy atom. The lowest BCUT2D eigenvalue weighted by atomic mass is 9.91. The van der Waals surface area contributed by atoms with Crippen LogP contribution in [0.15, 0.2) is 52.5 Å². The van der Waals surface area contributed by atoms with Crippen molar-refractivity contribution in [3.05, 3.63) is 53.6 Å². The van der Waals surface area contributed by atoms with Crippen molar-refractivity contribution in [1.82, 2.24) is 0 Å². The molecule has 7 heteroatoms. The van der Waals surface area contributed by atoms with Crippen LogP contribution in [0, 0.1) is 6.92 Å². The monoisotopic (exact) mass is 387 g/mol. The number of hydrogen-bond acceptors (Lipinski definition) is 6. The number of carbonyl (C=O) groups excluding carboxylic acids is 1. The quantitative estimate of drug-likeness (QED) is 0.751. The Morgan fingerprint density at radius 1 is 1.19 bits per heavy atom. The van der Waals surface area contributed by atoms with Crippen LogP contribution in [0.5, 0.6) is 0 Å². The molecule has 1 heterocycles. The Morgan fingerprint density at radius 3 is 2.48 bits per heavy atom. The maximum atomic E-state index is 11.6. The van der Waals surface area contributed by atoms with Gasteiger partial charge in [0.1, 0.15) is 12.5 Å². The average Bonchev–Trinajstić information content (AvgIpc) is 3.09. The van der Waals surface area contributed by atoms with Crippen LogP contribution in [0.1, 0.15) is 30.4 Å². The Bertz CT molecular complexity index is 994. The lowest BCUT2D eigenvalue weighted by molar-refractivity contribution is -0.135. The molecule has 0 N–H and O–H groups in total. The summed E-state index contributed by atoms with van der Waals surface area (Å²) >= 11 is 0. The Labute approximate surface area is 158 Å². The highest BCUT2D eigenvalue weighted by atomic mass is 32.2. The Hall–Kier alpha value is -2.67. The van der Waals surface area contributed by atoms with E-state index in [2.05, 4.69) is 5.16 Å². The summed E-state index contributed by atoms with van der Waals surface area (Å²) in [5.74, 6) is -0.334. The molecule has 0 saturated heterocycles. The van der Waals surface area contributed by atoms with Gasteiger partial charge in [0, 0.05) is 12.7 Å². The molecule has 0 saturated carbocycles. The molecule has 0 aromatic heterocycles. The van der Waals surface area contributed by atoms with E-state index in [1.54, 1.807) is 31.2 Å². The van der Waals surface area contributed by atoms with Crippen LogP contribution >= 0.6 is 0 Å². The zero-order valence-corrected chi connectivity index (χ0v) is 16.2. The van der Waals surface area contributed by atoms with E-state index in [0.29, 0.717) is 6.61 Å². The topological polar surface area (TPSA) is 82.0 Å². The van der Waals surface area contributed by atoms with E-state index in [-0.39, 0.29) is 29.1 Å². The number of rotatable bonds is 4. The molecule has 0 radical (unpaired) electrons. The number of hydrogen-bond donors (Lipinski definition) is 0. The molecule has 2 aromatic rings. The van der Waals surface area contributed by atoms with Gasteiger partial charge in [-0.2, -0.15) is 0 Å². The molecule has 27 heavy (non-hydrogen) atoms. The second-order valence-electron chi connectivity index (χ2n) is 6.47. The van der Waals surface area contributed by atoms with E-state index in [1.807, 2.05) is 25.1 Å². The van der Waals surface area contributed by atoms with Gasteiger partial charge in [-0.25, -0.2) is 8.42 Å². The average molecular weight is 387 g/mol. The van der Waals surface area contributed by atoms with Crippen LogP contribution in [-0.4, -0.2) is 33.1 Å². The molecule has 0 spiro atoms. The normalized spacial score (nSPS) is 16.6. The van der Waals surface area contributed by atoms with Crippen molar-refractivity contribution in [2.45, 2.75) is 31.1 Å². The second kappa shape index (κ2) is 7.52. The summed E-state index contributed by atoms with van der Waals surface area (Å²) in [6.45, 7) is 4.01. The molecule has 2 aromatic carbocycles. The lowest BCUT2D eigenvalue weighted by Gasteiger charge is -2.15. The molecule has 0 fully saturated rings. The van der Waals surface area contributed by atoms with E-state index in [9.17, 15) is 13.2 Å². The molecule has 6 nitrogen and oxygen atoms in total. The summed E-state index contributed by atoms with van der Waals surface area (Å²) in [5, 5.41) is 3.87. The van der Waals surface area contributed by atoms with Crippen molar-refractivity contribution >= 4 is 21.7 Å². The minimum absolute atomic E-state index is 0.254. The second-order valence-corrected chi connectivity index (χ2v) is 8.49. The van der Waals surface area contributed by atoms with Gasteiger partial charge in [-0.15, -0.1) is 0 Å². The predicted octanol–water partition coefficient (Wildman–Crippen LogP) is 3.45. The third kappa shape index (κ3) is 4.19.